The molecule has 2 N–H and O–H groups in total. The highest BCUT2D eigenvalue weighted by molar-refractivity contribution is 5.81. The zero-order valence-corrected chi connectivity index (χ0v) is 13.6. The van der Waals surface area contributed by atoms with E-state index in [1.165, 1.54) is 11.6 Å². The minimum Gasteiger partial charge on any atom is -0.371 e. The van der Waals surface area contributed by atoms with Crippen LogP contribution in [0.2, 0.25) is 0 Å². The van der Waals surface area contributed by atoms with Gasteiger partial charge in [0.15, 0.2) is 0 Å². The third kappa shape index (κ3) is 5.39. The lowest BCUT2D eigenvalue weighted by Crippen LogP contribution is -2.37. The molecule has 0 radical (unpaired) electrons. The molecule has 0 heterocycles. The van der Waals surface area contributed by atoms with Crippen molar-refractivity contribution >= 4 is 17.3 Å². The molecular formula is C18H21N3O3. The van der Waals surface area contributed by atoms with Crippen molar-refractivity contribution in [1.82, 2.24) is 5.32 Å². The van der Waals surface area contributed by atoms with Crippen LogP contribution >= 0.6 is 0 Å². The van der Waals surface area contributed by atoms with Crippen LogP contribution in [0.25, 0.3) is 0 Å². The smallest absolute Gasteiger partial charge is 0.292 e. The number of nitrogens with one attached hydrogen (secondary N) is 2. The van der Waals surface area contributed by atoms with Crippen LogP contribution < -0.4 is 10.6 Å². The van der Waals surface area contributed by atoms with Gasteiger partial charge in [-0.05, 0) is 31.4 Å². The third-order valence-electron chi connectivity index (χ3n) is 3.66. The molecule has 6 nitrogen and oxygen atoms in total. The zero-order chi connectivity index (χ0) is 17.4. The van der Waals surface area contributed by atoms with Crippen LogP contribution in [0, 0.1) is 10.1 Å². The molecule has 0 aliphatic carbocycles. The van der Waals surface area contributed by atoms with Crippen molar-refractivity contribution in [2.75, 3.05) is 11.9 Å². The molecule has 2 aromatic carbocycles. The summed E-state index contributed by atoms with van der Waals surface area (Å²) in [5, 5.41) is 16.6. The highest BCUT2D eigenvalue weighted by Crippen LogP contribution is 2.22. The summed E-state index contributed by atoms with van der Waals surface area (Å²) in [7, 11) is 0. The highest BCUT2D eigenvalue weighted by atomic mass is 16.6. The minimum absolute atomic E-state index is 0.000526. The number of carbonyl (C=O) groups excluding carboxylic acids is 1. The fraction of sp³-hybridized carbons (Fsp3) is 0.278. The van der Waals surface area contributed by atoms with Crippen LogP contribution in [-0.2, 0) is 11.2 Å². The fourth-order valence-corrected chi connectivity index (χ4v) is 2.38. The Morgan fingerprint density at radius 2 is 1.79 bits per heavy atom. The first-order valence-corrected chi connectivity index (χ1v) is 7.87. The quantitative estimate of drug-likeness (QED) is 0.576. The standard InChI is InChI=1S/C18H21N3O3/c1-14(11-12-15-7-3-2-4-8-15)20-18(22)13-19-16-9-5-6-10-17(16)21(23)24/h2-10,14,19H,11-13H2,1H3,(H,20,22)/t14-/m0/s1. The number of carbonyl (C=O) groups is 1. The monoisotopic (exact) mass is 327 g/mol. The molecule has 0 aromatic heterocycles. The number of nitro benzene ring substituents is 1. The first kappa shape index (κ1) is 17.5. The molecule has 24 heavy (non-hydrogen) atoms. The van der Waals surface area contributed by atoms with E-state index in [0.717, 1.165) is 12.8 Å². The summed E-state index contributed by atoms with van der Waals surface area (Å²) in [6.07, 6.45) is 1.72. The van der Waals surface area contributed by atoms with Gasteiger partial charge in [-0.3, -0.25) is 14.9 Å². The summed E-state index contributed by atoms with van der Waals surface area (Å²) in [6.45, 7) is 1.95. The molecule has 0 unspecified atom stereocenters. The van der Waals surface area contributed by atoms with E-state index < -0.39 is 4.92 Å². The van der Waals surface area contributed by atoms with Crippen molar-refractivity contribution in [3.8, 4) is 0 Å². The number of rotatable bonds is 8. The van der Waals surface area contributed by atoms with Crippen molar-refractivity contribution < 1.29 is 9.72 Å². The number of nitrogens with zero attached hydrogens (tertiary/aromatic N) is 1. The molecule has 2 rings (SSSR count). The molecule has 1 atom stereocenters. The maximum Gasteiger partial charge on any atom is 0.292 e. The molecule has 0 aliphatic heterocycles. The van der Waals surface area contributed by atoms with Gasteiger partial charge in [-0.1, -0.05) is 42.5 Å². The van der Waals surface area contributed by atoms with E-state index in [0.29, 0.717) is 5.69 Å². The van der Waals surface area contributed by atoms with Gasteiger partial charge >= 0.3 is 0 Å². The summed E-state index contributed by atoms with van der Waals surface area (Å²) in [5.74, 6) is -0.186. The van der Waals surface area contributed by atoms with Crippen LogP contribution in [0.1, 0.15) is 18.9 Å². The number of para-hydroxylation sites is 2. The Hall–Kier alpha value is -2.89. The number of benzene rings is 2. The predicted octanol–water partition coefficient (Wildman–Crippen LogP) is 3.14. The van der Waals surface area contributed by atoms with Gasteiger partial charge in [0.05, 0.1) is 11.5 Å². The van der Waals surface area contributed by atoms with E-state index in [-0.39, 0.29) is 24.2 Å². The largest absolute Gasteiger partial charge is 0.371 e. The van der Waals surface area contributed by atoms with E-state index in [1.807, 2.05) is 25.1 Å². The van der Waals surface area contributed by atoms with Gasteiger partial charge < -0.3 is 10.6 Å². The van der Waals surface area contributed by atoms with E-state index in [9.17, 15) is 14.9 Å². The van der Waals surface area contributed by atoms with Crippen molar-refractivity contribution in [3.63, 3.8) is 0 Å². The molecule has 2 aromatic rings. The van der Waals surface area contributed by atoms with Gasteiger partial charge in [0.25, 0.3) is 5.69 Å². The third-order valence-corrected chi connectivity index (χ3v) is 3.66. The SMILES string of the molecule is C[C@@H](CCc1ccccc1)NC(=O)CNc1ccccc1[N+](=O)[O-]. The molecule has 0 bridgehead atoms. The Kier molecular flexibility index (Phi) is 6.31. The summed E-state index contributed by atoms with van der Waals surface area (Å²) in [6, 6.07) is 16.4. The van der Waals surface area contributed by atoms with E-state index in [4.69, 9.17) is 0 Å². The van der Waals surface area contributed by atoms with E-state index in [1.54, 1.807) is 18.2 Å². The Morgan fingerprint density at radius 3 is 2.50 bits per heavy atom. The molecule has 0 aliphatic rings. The summed E-state index contributed by atoms with van der Waals surface area (Å²) in [5.41, 5.74) is 1.54. The average molecular weight is 327 g/mol. The second-order valence-corrected chi connectivity index (χ2v) is 5.62. The second kappa shape index (κ2) is 8.67. The van der Waals surface area contributed by atoms with Gasteiger partial charge in [-0.15, -0.1) is 0 Å². The Labute approximate surface area is 141 Å². The maximum atomic E-state index is 12.0. The normalized spacial score (nSPS) is 11.5. The van der Waals surface area contributed by atoms with Gasteiger partial charge in [-0.2, -0.15) is 0 Å². The van der Waals surface area contributed by atoms with Gasteiger partial charge in [-0.25, -0.2) is 0 Å². The molecular weight excluding hydrogens is 306 g/mol. The molecule has 0 saturated carbocycles. The van der Waals surface area contributed by atoms with Crippen LogP contribution in [0.4, 0.5) is 11.4 Å². The lowest BCUT2D eigenvalue weighted by atomic mass is 10.1. The van der Waals surface area contributed by atoms with Crippen LogP contribution in [0.15, 0.2) is 54.6 Å². The number of hydrogen-bond donors (Lipinski definition) is 2. The van der Waals surface area contributed by atoms with E-state index in [2.05, 4.69) is 22.8 Å². The summed E-state index contributed by atoms with van der Waals surface area (Å²) >= 11 is 0. The molecule has 1 amide bonds. The van der Waals surface area contributed by atoms with Crippen LogP contribution in [-0.4, -0.2) is 23.4 Å². The average Bonchev–Trinajstić information content (AvgIpc) is 2.59. The second-order valence-electron chi connectivity index (χ2n) is 5.62. The summed E-state index contributed by atoms with van der Waals surface area (Å²) in [4.78, 5) is 22.4. The molecule has 0 fully saturated rings. The zero-order valence-electron chi connectivity index (χ0n) is 13.6. The molecule has 6 heteroatoms. The molecule has 0 saturated heterocycles. The lowest BCUT2D eigenvalue weighted by Gasteiger charge is -2.14. The van der Waals surface area contributed by atoms with Crippen molar-refractivity contribution in [2.45, 2.75) is 25.8 Å². The molecule has 126 valence electrons. The topological polar surface area (TPSA) is 84.3 Å². The van der Waals surface area contributed by atoms with Crippen LogP contribution in [0.3, 0.4) is 0 Å². The Balaban J connectivity index is 1.78. The summed E-state index contributed by atoms with van der Waals surface area (Å²) < 4.78 is 0. The Morgan fingerprint density at radius 1 is 1.12 bits per heavy atom. The molecule has 0 spiro atoms. The Bertz CT molecular complexity index is 689. The lowest BCUT2D eigenvalue weighted by molar-refractivity contribution is -0.383. The number of nitro groups is 1. The van der Waals surface area contributed by atoms with Gasteiger partial charge in [0.1, 0.15) is 5.69 Å². The van der Waals surface area contributed by atoms with Gasteiger partial charge in [0.2, 0.25) is 5.91 Å². The maximum absolute atomic E-state index is 12.0. The van der Waals surface area contributed by atoms with Crippen molar-refractivity contribution in [2.24, 2.45) is 0 Å². The first-order chi connectivity index (χ1) is 11.6. The predicted molar refractivity (Wildman–Crippen MR) is 94.0 cm³/mol. The van der Waals surface area contributed by atoms with Crippen LogP contribution in [0.5, 0.6) is 0 Å². The number of hydrogen-bond acceptors (Lipinski definition) is 4. The van der Waals surface area contributed by atoms with Gasteiger partial charge in [0, 0.05) is 12.1 Å². The number of aryl methyl sites for hydroxylation is 1. The minimum atomic E-state index is -0.470. The van der Waals surface area contributed by atoms with Crippen molar-refractivity contribution in [1.29, 1.82) is 0 Å². The first-order valence-electron chi connectivity index (χ1n) is 7.87. The van der Waals surface area contributed by atoms with Crippen molar-refractivity contribution in [3.05, 3.63) is 70.3 Å². The number of anilines is 1. The number of amides is 1. The fourth-order valence-electron chi connectivity index (χ4n) is 2.38. The highest BCUT2D eigenvalue weighted by Gasteiger charge is 2.13. The van der Waals surface area contributed by atoms with E-state index >= 15 is 0 Å².